The number of hydrogen-bond donors (Lipinski definition) is 2. The summed E-state index contributed by atoms with van der Waals surface area (Å²) in [5.41, 5.74) is 11.0. The number of para-hydroxylation sites is 1. The predicted octanol–water partition coefficient (Wildman–Crippen LogP) is 1.87. The molecule has 0 fully saturated rings. The van der Waals surface area contributed by atoms with Gasteiger partial charge in [0.05, 0.1) is 17.2 Å². The molecule has 1 aromatic carbocycles. The third kappa shape index (κ3) is 3.70. The second kappa shape index (κ2) is 5.82. The molecule has 1 aromatic rings. The number of hydrogen-bond acceptors (Lipinski definition) is 3. The summed E-state index contributed by atoms with van der Waals surface area (Å²) in [6, 6.07) is 6.89. The number of carbonyl (C=O) groups is 1. The fraction of sp³-hybridized carbons (Fsp3) is 0.385. The van der Waals surface area contributed by atoms with Crippen LogP contribution in [0.3, 0.4) is 0 Å². The lowest BCUT2D eigenvalue weighted by Gasteiger charge is -2.23. The van der Waals surface area contributed by atoms with Crippen LogP contribution in [0.5, 0.6) is 5.75 Å². The molecule has 0 aliphatic carbocycles. The molecule has 1 amide bonds. The van der Waals surface area contributed by atoms with Gasteiger partial charge in [0.15, 0.2) is 0 Å². The molecular weight excluding hydrogens is 248 g/mol. The van der Waals surface area contributed by atoms with Crippen molar-refractivity contribution in [3.63, 3.8) is 0 Å². The minimum Gasteiger partial charge on any atom is -0.493 e. The van der Waals surface area contributed by atoms with Gasteiger partial charge in [-0.1, -0.05) is 38.2 Å². The second-order valence-corrected chi connectivity index (χ2v) is 5.15. The van der Waals surface area contributed by atoms with Crippen molar-refractivity contribution in [1.29, 1.82) is 0 Å². The first-order chi connectivity index (χ1) is 8.34. The number of amides is 1. The minimum absolute atomic E-state index is 0.267. The Kier molecular flexibility index (Phi) is 4.67. The van der Waals surface area contributed by atoms with Gasteiger partial charge in [0.1, 0.15) is 5.75 Å². The van der Waals surface area contributed by atoms with Crippen LogP contribution in [-0.4, -0.2) is 17.5 Å². The van der Waals surface area contributed by atoms with Gasteiger partial charge in [0, 0.05) is 5.41 Å². The van der Waals surface area contributed by atoms with Gasteiger partial charge in [-0.15, -0.1) is 0 Å². The van der Waals surface area contributed by atoms with Gasteiger partial charge in [-0.25, -0.2) is 0 Å². The van der Waals surface area contributed by atoms with Crippen LogP contribution in [0.15, 0.2) is 24.3 Å². The van der Waals surface area contributed by atoms with Crippen molar-refractivity contribution in [3.8, 4) is 5.75 Å². The van der Waals surface area contributed by atoms with E-state index in [4.69, 9.17) is 28.4 Å². The standard InChI is InChI=1S/C13H18N2O2S/c1-13(2,12(15)18)7-8-17-10-6-4-3-5-9(10)11(14)16/h3-6H,7-8H2,1-2H3,(H2,14,16)(H2,15,18). The molecule has 0 aromatic heterocycles. The van der Waals surface area contributed by atoms with Gasteiger partial charge < -0.3 is 16.2 Å². The zero-order valence-corrected chi connectivity index (χ0v) is 11.4. The Balaban J connectivity index is 2.65. The van der Waals surface area contributed by atoms with Crippen LogP contribution in [0.25, 0.3) is 0 Å². The Bertz CT molecular complexity index is 458. The topological polar surface area (TPSA) is 78.3 Å². The lowest BCUT2D eigenvalue weighted by atomic mass is 9.90. The highest BCUT2D eigenvalue weighted by Gasteiger charge is 2.21. The van der Waals surface area contributed by atoms with Gasteiger partial charge in [0.2, 0.25) is 0 Å². The zero-order valence-electron chi connectivity index (χ0n) is 10.6. The molecule has 0 aliphatic rings. The summed E-state index contributed by atoms with van der Waals surface area (Å²) in [7, 11) is 0. The largest absolute Gasteiger partial charge is 0.493 e. The lowest BCUT2D eigenvalue weighted by molar-refractivity contribution is 0.0996. The van der Waals surface area contributed by atoms with Crippen molar-refractivity contribution in [2.24, 2.45) is 16.9 Å². The van der Waals surface area contributed by atoms with Crippen LogP contribution in [0.4, 0.5) is 0 Å². The monoisotopic (exact) mass is 266 g/mol. The highest BCUT2D eigenvalue weighted by Crippen LogP contribution is 2.23. The molecule has 0 heterocycles. The number of ether oxygens (including phenoxy) is 1. The van der Waals surface area contributed by atoms with E-state index in [1.165, 1.54) is 0 Å². The lowest BCUT2D eigenvalue weighted by Crippen LogP contribution is -2.31. The summed E-state index contributed by atoms with van der Waals surface area (Å²) in [5.74, 6) is -0.0112. The van der Waals surface area contributed by atoms with Crippen LogP contribution in [0, 0.1) is 5.41 Å². The minimum atomic E-state index is -0.501. The number of carbonyl (C=O) groups excluding carboxylic acids is 1. The average Bonchev–Trinajstić information content (AvgIpc) is 2.29. The van der Waals surface area contributed by atoms with E-state index in [-0.39, 0.29) is 5.41 Å². The molecule has 4 nitrogen and oxygen atoms in total. The Morgan fingerprint density at radius 1 is 1.33 bits per heavy atom. The first-order valence-electron chi connectivity index (χ1n) is 5.66. The normalized spacial score (nSPS) is 11.0. The quantitative estimate of drug-likeness (QED) is 0.770. The number of rotatable bonds is 6. The molecule has 98 valence electrons. The number of primary amides is 1. The van der Waals surface area contributed by atoms with Gasteiger partial charge >= 0.3 is 0 Å². The summed E-state index contributed by atoms with van der Waals surface area (Å²) in [5, 5.41) is 0. The van der Waals surface area contributed by atoms with E-state index in [2.05, 4.69) is 0 Å². The molecule has 0 unspecified atom stereocenters. The molecule has 1 rings (SSSR count). The van der Waals surface area contributed by atoms with Crippen molar-refractivity contribution >= 4 is 23.1 Å². The van der Waals surface area contributed by atoms with E-state index in [9.17, 15) is 4.79 Å². The van der Waals surface area contributed by atoms with Crippen LogP contribution < -0.4 is 16.2 Å². The fourth-order valence-corrected chi connectivity index (χ4v) is 1.44. The van der Waals surface area contributed by atoms with Crippen LogP contribution in [0.2, 0.25) is 0 Å². The molecule has 0 spiro atoms. The van der Waals surface area contributed by atoms with E-state index in [0.717, 1.165) is 0 Å². The van der Waals surface area contributed by atoms with Crippen molar-refractivity contribution in [2.75, 3.05) is 6.61 Å². The number of benzene rings is 1. The summed E-state index contributed by atoms with van der Waals surface area (Å²) in [6.45, 7) is 4.34. The van der Waals surface area contributed by atoms with Gasteiger partial charge in [-0.3, -0.25) is 4.79 Å². The van der Waals surface area contributed by atoms with Crippen LogP contribution in [-0.2, 0) is 0 Å². The Morgan fingerprint density at radius 2 is 1.94 bits per heavy atom. The highest BCUT2D eigenvalue weighted by molar-refractivity contribution is 7.80. The summed E-state index contributed by atoms with van der Waals surface area (Å²) in [6.07, 6.45) is 0.676. The Morgan fingerprint density at radius 3 is 2.50 bits per heavy atom. The Hall–Kier alpha value is -1.62. The van der Waals surface area contributed by atoms with Gasteiger partial charge in [-0.05, 0) is 18.6 Å². The smallest absolute Gasteiger partial charge is 0.252 e. The maximum atomic E-state index is 11.2. The highest BCUT2D eigenvalue weighted by atomic mass is 32.1. The molecule has 18 heavy (non-hydrogen) atoms. The average molecular weight is 266 g/mol. The molecule has 5 heteroatoms. The molecule has 0 saturated heterocycles. The molecule has 0 bridgehead atoms. The summed E-state index contributed by atoms with van der Waals surface area (Å²) < 4.78 is 5.57. The second-order valence-electron chi connectivity index (χ2n) is 4.71. The van der Waals surface area contributed by atoms with Crippen LogP contribution >= 0.6 is 12.2 Å². The van der Waals surface area contributed by atoms with Crippen LogP contribution in [0.1, 0.15) is 30.6 Å². The Labute approximate surface area is 112 Å². The third-order valence-electron chi connectivity index (χ3n) is 2.80. The molecule has 4 N–H and O–H groups in total. The third-order valence-corrected chi connectivity index (χ3v) is 3.36. The maximum absolute atomic E-state index is 11.2. The molecule has 0 aliphatic heterocycles. The van der Waals surface area contributed by atoms with Crippen molar-refractivity contribution in [1.82, 2.24) is 0 Å². The van der Waals surface area contributed by atoms with Gasteiger partial charge in [-0.2, -0.15) is 0 Å². The summed E-state index contributed by atoms with van der Waals surface area (Å²) >= 11 is 4.98. The first kappa shape index (κ1) is 14.4. The number of thiocarbonyl (C=S) groups is 1. The maximum Gasteiger partial charge on any atom is 0.252 e. The van der Waals surface area contributed by atoms with Crippen molar-refractivity contribution in [3.05, 3.63) is 29.8 Å². The van der Waals surface area contributed by atoms with E-state index in [0.29, 0.717) is 29.3 Å². The van der Waals surface area contributed by atoms with Crippen molar-refractivity contribution in [2.45, 2.75) is 20.3 Å². The van der Waals surface area contributed by atoms with Crippen molar-refractivity contribution < 1.29 is 9.53 Å². The molecule has 0 radical (unpaired) electrons. The first-order valence-corrected chi connectivity index (χ1v) is 6.07. The van der Waals surface area contributed by atoms with E-state index in [1.807, 2.05) is 13.8 Å². The molecular formula is C13H18N2O2S. The van der Waals surface area contributed by atoms with E-state index < -0.39 is 5.91 Å². The summed E-state index contributed by atoms with van der Waals surface area (Å²) in [4.78, 5) is 11.6. The van der Waals surface area contributed by atoms with E-state index in [1.54, 1.807) is 24.3 Å². The fourth-order valence-electron chi connectivity index (χ4n) is 1.34. The molecule has 0 atom stereocenters. The SMILES string of the molecule is CC(C)(CCOc1ccccc1C(N)=O)C(N)=S. The predicted molar refractivity (Wildman–Crippen MR) is 75.6 cm³/mol. The zero-order chi connectivity index (χ0) is 13.8. The molecule has 0 saturated carbocycles. The van der Waals surface area contributed by atoms with E-state index >= 15 is 0 Å². The number of nitrogens with two attached hydrogens (primary N) is 2. The van der Waals surface area contributed by atoms with Gasteiger partial charge in [0.25, 0.3) is 5.91 Å².